The first-order valence-corrected chi connectivity index (χ1v) is 15.1. The van der Waals surface area contributed by atoms with Gasteiger partial charge in [0.25, 0.3) is 17.0 Å². The molecule has 0 radical (unpaired) electrons. The number of amides is 1. The standard InChI is InChI=1S/C35H34FN5O6/c1-20-8-13-28(27(36)16-20)37-31-29-30(21(2)32(43)38(31)3)41(24-7-5-6-23(17-24)33(44)39-15-14-25(42)19-39)35(46)40(34(29)45)18-22-9-11-26(47-4)12-10-22/h5-13,16-17,25,37,42H,14-15,18-19H2,1-4H3. The van der Waals surface area contributed by atoms with Crippen molar-refractivity contribution in [3.8, 4) is 11.4 Å². The molecule has 3 heterocycles. The van der Waals surface area contributed by atoms with Crippen molar-refractivity contribution >= 4 is 28.3 Å². The number of carbonyl (C=O) groups is 1. The second kappa shape index (κ2) is 12.4. The first kappa shape index (κ1) is 31.5. The van der Waals surface area contributed by atoms with Gasteiger partial charge in [-0.3, -0.25) is 28.1 Å². The van der Waals surface area contributed by atoms with E-state index in [0.29, 0.717) is 29.8 Å². The lowest BCUT2D eigenvalue weighted by Crippen LogP contribution is -2.42. The zero-order valence-corrected chi connectivity index (χ0v) is 26.4. The number of nitrogens with one attached hydrogen (secondary N) is 1. The third-order valence-corrected chi connectivity index (χ3v) is 8.57. The van der Waals surface area contributed by atoms with Crippen LogP contribution < -0.4 is 26.9 Å². The number of anilines is 2. The lowest BCUT2D eigenvalue weighted by Gasteiger charge is -2.21. The van der Waals surface area contributed by atoms with E-state index in [-0.39, 0.29) is 58.2 Å². The molecule has 0 aliphatic carbocycles. The van der Waals surface area contributed by atoms with Gasteiger partial charge in [-0.2, -0.15) is 0 Å². The fraction of sp³-hybridized carbons (Fsp3) is 0.257. The van der Waals surface area contributed by atoms with Crippen molar-refractivity contribution in [1.82, 2.24) is 18.6 Å². The van der Waals surface area contributed by atoms with Crippen LogP contribution in [-0.2, 0) is 13.6 Å². The van der Waals surface area contributed by atoms with Gasteiger partial charge in [0.15, 0.2) is 0 Å². The number of aliphatic hydroxyl groups is 1. The number of β-amino-alcohol motifs (C(OH)–C–C–N with tert-alkyl or cyclic N) is 1. The fourth-order valence-electron chi connectivity index (χ4n) is 6.02. The fourth-order valence-corrected chi connectivity index (χ4v) is 6.02. The number of pyridine rings is 1. The van der Waals surface area contributed by atoms with Crippen LogP contribution in [0.3, 0.4) is 0 Å². The Kier molecular flexibility index (Phi) is 8.29. The van der Waals surface area contributed by atoms with Crippen LogP contribution in [0.4, 0.5) is 15.9 Å². The number of methoxy groups -OCH3 is 1. The number of hydrogen-bond donors (Lipinski definition) is 2. The number of ether oxygens (including phenoxy) is 1. The van der Waals surface area contributed by atoms with Gasteiger partial charge in [-0.25, -0.2) is 9.18 Å². The van der Waals surface area contributed by atoms with Crippen LogP contribution in [0.2, 0.25) is 0 Å². The molecule has 1 fully saturated rings. The number of rotatable bonds is 7. The highest BCUT2D eigenvalue weighted by molar-refractivity contribution is 5.96. The van der Waals surface area contributed by atoms with Gasteiger partial charge in [0.05, 0.1) is 36.6 Å². The summed E-state index contributed by atoms with van der Waals surface area (Å²) in [5, 5.41) is 12.9. The SMILES string of the molecule is COc1ccc(Cn2c(=O)c3c(Nc4ccc(C)cc4F)n(C)c(=O)c(C)c3n(-c3cccc(C(=O)N4CCC(O)C4)c3)c2=O)cc1. The highest BCUT2D eigenvalue weighted by atomic mass is 19.1. The van der Waals surface area contributed by atoms with Crippen LogP contribution in [0.15, 0.2) is 81.1 Å². The van der Waals surface area contributed by atoms with E-state index in [4.69, 9.17) is 4.74 Å². The zero-order valence-electron chi connectivity index (χ0n) is 26.4. The molecular weight excluding hydrogens is 605 g/mol. The Morgan fingerprint density at radius 2 is 1.77 bits per heavy atom. The average molecular weight is 640 g/mol. The second-order valence-electron chi connectivity index (χ2n) is 11.8. The Hall–Kier alpha value is -5.49. The van der Waals surface area contributed by atoms with E-state index in [1.165, 1.54) is 53.3 Å². The monoisotopic (exact) mass is 639 g/mol. The molecule has 1 saturated heterocycles. The van der Waals surface area contributed by atoms with E-state index < -0.39 is 28.7 Å². The zero-order chi connectivity index (χ0) is 33.6. The van der Waals surface area contributed by atoms with Gasteiger partial charge in [0, 0.05) is 31.3 Å². The number of aryl methyl sites for hydroxylation is 2. The predicted octanol–water partition coefficient (Wildman–Crippen LogP) is 3.61. The van der Waals surface area contributed by atoms with E-state index in [9.17, 15) is 24.3 Å². The van der Waals surface area contributed by atoms with Crippen molar-refractivity contribution in [3.05, 3.63) is 126 Å². The Balaban J connectivity index is 1.65. The van der Waals surface area contributed by atoms with Crippen molar-refractivity contribution in [2.45, 2.75) is 32.9 Å². The molecule has 2 aromatic heterocycles. The number of likely N-dealkylation sites (tertiary alicyclic amines) is 1. The van der Waals surface area contributed by atoms with Gasteiger partial charge < -0.3 is 20.1 Å². The quantitative estimate of drug-likeness (QED) is 0.279. The van der Waals surface area contributed by atoms with Crippen LogP contribution in [0.5, 0.6) is 5.75 Å². The van der Waals surface area contributed by atoms with E-state index in [2.05, 4.69) is 5.32 Å². The van der Waals surface area contributed by atoms with E-state index in [0.717, 1.165) is 4.57 Å². The molecule has 5 aromatic rings. The predicted molar refractivity (Wildman–Crippen MR) is 177 cm³/mol. The molecule has 12 heteroatoms. The van der Waals surface area contributed by atoms with E-state index >= 15 is 4.39 Å². The number of benzene rings is 3. The van der Waals surface area contributed by atoms with Gasteiger partial charge in [-0.1, -0.05) is 24.3 Å². The topological polar surface area (TPSA) is 128 Å². The summed E-state index contributed by atoms with van der Waals surface area (Å²) in [6.45, 7) is 3.72. The largest absolute Gasteiger partial charge is 0.497 e. The summed E-state index contributed by atoms with van der Waals surface area (Å²) in [4.78, 5) is 57.4. The summed E-state index contributed by atoms with van der Waals surface area (Å²) in [6.07, 6.45) is -0.149. The molecule has 1 aliphatic rings. The van der Waals surface area contributed by atoms with Crippen LogP contribution in [-0.4, -0.2) is 55.9 Å². The third kappa shape index (κ3) is 5.72. The molecule has 0 bridgehead atoms. The molecule has 1 atom stereocenters. The molecule has 3 aromatic carbocycles. The van der Waals surface area contributed by atoms with Crippen molar-refractivity contribution in [3.63, 3.8) is 0 Å². The molecule has 6 rings (SSSR count). The third-order valence-electron chi connectivity index (χ3n) is 8.57. The summed E-state index contributed by atoms with van der Waals surface area (Å²) in [5.74, 6) is -0.312. The van der Waals surface area contributed by atoms with E-state index in [1.54, 1.807) is 55.5 Å². The number of halogens is 1. The van der Waals surface area contributed by atoms with Crippen molar-refractivity contribution < 1.29 is 19.0 Å². The number of aromatic nitrogens is 3. The van der Waals surface area contributed by atoms with Crippen LogP contribution >= 0.6 is 0 Å². The van der Waals surface area contributed by atoms with E-state index in [1.807, 2.05) is 0 Å². The minimum Gasteiger partial charge on any atom is -0.497 e. The summed E-state index contributed by atoms with van der Waals surface area (Å²) in [7, 11) is 3.00. The van der Waals surface area contributed by atoms with Crippen LogP contribution in [0, 0.1) is 19.7 Å². The smallest absolute Gasteiger partial charge is 0.336 e. The number of fused-ring (bicyclic) bond motifs is 1. The second-order valence-corrected chi connectivity index (χ2v) is 11.8. The lowest BCUT2D eigenvalue weighted by molar-refractivity contribution is 0.0765. The van der Waals surface area contributed by atoms with Gasteiger partial charge in [-0.05, 0) is 73.9 Å². The Morgan fingerprint density at radius 3 is 2.43 bits per heavy atom. The molecule has 1 unspecified atom stereocenters. The summed E-state index contributed by atoms with van der Waals surface area (Å²) in [5.41, 5.74) is 0.0860. The van der Waals surface area contributed by atoms with Crippen LogP contribution in [0.1, 0.15) is 33.5 Å². The molecule has 1 aliphatic heterocycles. The Morgan fingerprint density at radius 1 is 1.02 bits per heavy atom. The van der Waals surface area contributed by atoms with Crippen molar-refractivity contribution in [2.75, 3.05) is 25.5 Å². The van der Waals surface area contributed by atoms with Crippen molar-refractivity contribution in [2.24, 2.45) is 7.05 Å². The summed E-state index contributed by atoms with van der Waals surface area (Å²) >= 11 is 0. The maximum atomic E-state index is 15.1. The molecule has 47 heavy (non-hydrogen) atoms. The van der Waals surface area contributed by atoms with Crippen LogP contribution in [0.25, 0.3) is 16.6 Å². The van der Waals surface area contributed by atoms with Gasteiger partial charge in [0.1, 0.15) is 22.8 Å². The number of carbonyl (C=O) groups excluding carboxylic acids is 1. The number of aliphatic hydroxyl groups excluding tert-OH is 1. The normalized spacial score (nSPS) is 14.5. The first-order valence-electron chi connectivity index (χ1n) is 15.1. The maximum Gasteiger partial charge on any atom is 0.336 e. The Bertz CT molecular complexity index is 2220. The average Bonchev–Trinajstić information content (AvgIpc) is 3.51. The molecular formula is C35H34FN5O6. The molecule has 0 spiro atoms. The molecule has 2 N–H and O–H groups in total. The molecule has 242 valence electrons. The summed E-state index contributed by atoms with van der Waals surface area (Å²) in [6, 6.07) is 17.8. The molecule has 11 nitrogen and oxygen atoms in total. The lowest BCUT2D eigenvalue weighted by atomic mass is 10.1. The minimum atomic E-state index is -0.733. The molecule has 1 amide bonds. The number of nitrogens with zero attached hydrogens (tertiary/aromatic N) is 4. The summed E-state index contributed by atoms with van der Waals surface area (Å²) < 4.78 is 23.9. The van der Waals surface area contributed by atoms with Gasteiger partial charge in [0.2, 0.25) is 0 Å². The van der Waals surface area contributed by atoms with Gasteiger partial charge >= 0.3 is 5.69 Å². The highest BCUT2D eigenvalue weighted by Crippen LogP contribution is 2.28. The Labute approximate surface area is 268 Å². The first-order chi connectivity index (χ1) is 22.5. The van der Waals surface area contributed by atoms with Crippen molar-refractivity contribution in [1.29, 1.82) is 0 Å². The minimum absolute atomic E-state index is 0.00105. The highest BCUT2D eigenvalue weighted by Gasteiger charge is 2.27. The number of hydrogen-bond acceptors (Lipinski definition) is 7. The van der Waals surface area contributed by atoms with Gasteiger partial charge in [-0.15, -0.1) is 0 Å². The molecule has 0 saturated carbocycles. The maximum absolute atomic E-state index is 15.1.